The predicted molar refractivity (Wildman–Crippen MR) is 108 cm³/mol. The normalized spacial score (nSPS) is 14.4. The van der Waals surface area contributed by atoms with Crippen LogP contribution in [-0.2, 0) is 11.0 Å². The van der Waals surface area contributed by atoms with Crippen molar-refractivity contribution in [2.24, 2.45) is 0 Å². The van der Waals surface area contributed by atoms with Gasteiger partial charge in [0.25, 0.3) is 5.69 Å². The average molecular weight is 437 g/mol. The molecule has 0 saturated carbocycles. The summed E-state index contributed by atoms with van der Waals surface area (Å²) < 4.78 is 44.2. The monoisotopic (exact) mass is 437 g/mol. The van der Waals surface area contributed by atoms with Crippen LogP contribution in [0.4, 0.5) is 24.5 Å². The van der Waals surface area contributed by atoms with E-state index in [0.29, 0.717) is 51.7 Å². The zero-order valence-corrected chi connectivity index (χ0v) is 16.7. The molecule has 0 unspecified atom stereocenters. The lowest BCUT2D eigenvalue weighted by Gasteiger charge is -2.36. The summed E-state index contributed by atoms with van der Waals surface area (Å²) >= 11 is 0. The molecule has 1 aliphatic rings. The van der Waals surface area contributed by atoms with Crippen molar-refractivity contribution in [2.45, 2.75) is 19.0 Å². The molecule has 1 amide bonds. The van der Waals surface area contributed by atoms with E-state index in [-0.39, 0.29) is 11.6 Å². The van der Waals surface area contributed by atoms with Gasteiger partial charge in [0.2, 0.25) is 5.91 Å². The van der Waals surface area contributed by atoms with E-state index >= 15 is 0 Å². The molecule has 0 atom stereocenters. The Morgan fingerprint density at radius 2 is 1.74 bits per heavy atom. The number of nitrogens with zero attached hydrogens (tertiary/aromatic N) is 3. The largest absolute Gasteiger partial charge is 0.494 e. The van der Waals surface area contributed by atoms with Crippen molar-refractivity contribution in [3.05, 3.63) is 64.2 Å². The average Bonchev–Trinajstić information content (AvgIpc) is 2.76. The molecule has 0 aromatic heterocycles. The summed E-state index contributed by atoms with van der Waals surface area (Å²) in [6.45, 7) is 1.71. The highest BCUT2D eigenvalue weighted by molar-refractivity contribution is 5.76. The predicted octanol–water partition coefficient (Wildman–Crippen LogP) is 4.12. The number of carbonyl (C=O) groups excluding carboxylic acids is 1. The van der Waals surface area contributed by atoms with Gasteiger partial charge in [-0.25, -0.2) is 0 Å². The maximum absolute atomic E-state index is 12.9. The van der Waals surface area contributed by atoms with Crippen molar-refractivity contribution in [1.29, 1.82) is 0 Å². The van der Waals surface area contributed by atoms with Gasteiger partial charge in [-0.3, -0.25) is 14.9 Å². The molecule has 0 aliphatic carbocycles. The Kier molecular flexibility index (Phi) is 6.98. The number of alkyl halides is 3. The molecular formula is C21H22F3N3O4. The topological polar surface area (TPSA) is 75.9 Å². The van der Waals surface area contributed by atoms with Crippen molar-refractivity contribution in [3.8, 4) is 5.75 Å². The van der Waals surface area contributed by atoms with E-state index in [1.54, 1.807) is 9.80 Å². The van der Waals surface area contributed by atoms with Crippen molar-refractivity contribution >= 4 is 17.3 Å². The van der Waals surface area contributed by atoms with Crippen molar-refractivity contribution in [1.82, 2.24) is 4.90 Å². The first-order chi connectivity index (χ1) is 14.8. The quantitative estimate of drug-likeness (QED) is 0.370. The van der Waals surface area contributed by atoms with Gasteiger partial charge in [-0.2, -0.15) is 13.2 Å². The number of benzene rings is 2. The Labute approximate surface area is 177 Å². The molecule has 1 aliphatic heterocycles. The molecule has 7 nitrogen and oxygen atoms in total. The fourth-order valence-corrected chi connectivity index (χ4v) is 3.40. The summed E-state index contributed by atoms with van der Waals surface area (Å²) in [5.41, 5.74) is -1.52. The molecule has 1 fully saturated rings. The summed E-state index contributed by atoms with van der Waals surface area (Å²) in [7, 11) is 0. The number of para-hydroxylation sites is 1. The van der Waals surface area contributed by atoms with E-state index in [4.69, 9.17) is 4.74 Å². The maximum atomic E-state index is 12.9. The van der Waals surface area contributed by atoms with Crippen LogP contribution in [0.2, 0.25) is 0 Å². The zero-order valence-electron chi connectivity index (χ0n) is 16.7. The Morgan fingerprint density at radius 1 is 1.06 bits per heavy atom. The van der Waals surface area contributed by atoms with Gasteiger partial charge in [-0.1, -0.05) is 18.2 Å². The molecule has 166 valence electrons. The van der Waals surface area contributed by atoms with Crippen LogP contribution in [0, 0.1) is 10.1 Å². The van der Waals surface area contributed by atoms with Crippen molar-refractivity contribution < 1.29 is 27.6 Å². The standard InChI is InChI=1S/C21H22F3N3O4/c22-21(23,24)16-8-9-18(19(15-16)27(29)30)25-10-12-26(13-11-25)20(28)7-4-14-31-17-5-2-1-3-6-17/h1-3,5-6,8-9,15H,4,7,10-14H2. The highest BCUT2D eigenvalue weighted by Crippen LogP contribution is 2.36. The number of hydrogen-bond acceptors (Lipinski definition) is 5. The van der Waals surface area contributed by atoms with Gasteiger partial charge in [-0.15, -0.1) is 0 Å². The Balaban J connectivity index is 1.52. The second-order valence-electron chi connectivity index (χ2n) is 7.09. The first-order valence-electron chi connectivity index (χ1n) is 9.82. The number of ether oxygens (including phenoxy) is 1. The van der Waals surface area contributed by atoms with Gasteiger partial charge in [0, 0.05) is 38.7 Å². The molecule has 2 aromatic carbocycles. The van der Waals surface area contributed by atoms with Gasteiger partial charge in [0.05, 0.1) is 17.1 Å². The summed E-state index contributed by atoms with van der Waals surface area (Å²) in [4.78, 5) is 26.2. The molecule has 0 bridgehead atoms. The molecule has 0 spiro atoms. The van der Waals surface area contributed by atoms with E-state index in [0.717, 1.165) is 17.9 Å². The van der Waals surface area contributed by atoms with Gasteiger partial charge in [0.1, 0.15) is 11.4 Å². The van der Waals surface area contributed by atoms with Crippen molar-refractivity contribution in [3.63, 3.8) is 0 Å². The fourth-order valence-electron chi connectivity index (χ4n) is 3.40. The molecule has 1 saturated heterocycles. The summed E-state index contributed by atoms with van der Waals surface area (Å²) in [6.07, 6.45) is -3.79. The molecular weight excluding hydrogens is 415 g/mol. The summed E-state index contributed by atoms with van der Waals surface area (Å²) in [5, 5.41) is 11.3. The summed E-state index contributed by atoms with van der Waals surface area (Å²) in [5.74, 6) is 0.694. The number of piperazine rings is 1. The number of halogens is 3. The minimum atomic E-state index is -4.65. The number of hydrogen-bond donors (Lipinski definition) is 0. The minimum Gasteiger partial charge on any atom is -0.494 e. The number of anilines is 1. The number of amides is 1. The third-order valence-corrected chi connectivity index (χ3v) is 5.02. The fraction of sp³-hybridized carbons (Fsp3) is 0.381. The maximum Gasteiger partial charge on any atom is 0.416 e. The number of rotatable bonds is 7. The van der Waals surface area contributed by atoms with E-state index in [1.165, 1.54) is 0 Å². The van der Waals surface area contributed by atoms with Crippen LogP contribution >= 0.6 is 0 Å². The van der Waals surface area contributed by atoms with Crippen LogP contribution in [0.15, 0.2) is 48.5 Å². The second kappa shape index (κ2) is 9.67. The number of carbonyl (C=O) groups is 1. The van der Waals surface area contributed by atoms with Crippen molar-refractivity contribution in [2.75, 3.05) is 37.7 Å². The number of nitro benzene ring substituents is 1. The van der Waals surface area contributed by atoms with E-state index in [1.807, 2.05) is 30.3 Å². The van der Waals surface area contributed by atoms with Crippen LogP contribution in [0.25, 0.3) is 0 Å². The smallest absolute Gasteiger partial charge is 0.416 e. The van der Waals surface area contributed by atoms with E-state index < -0.39 is 22.4 Å². The molecule has 0 N–H and O–H groups in total. The molecule has 2 aromatic rings. The van der Waals surface area contributed by atoms with Crippen LogP contribution in [0.3, 0.4) is 0 Å². The highest BCUT2D eigenvalue weighted by atomic mass is 19.4. The van der Waals surface area contributed by atoms with E-state index in [2.05, 4.69) is 0 Å². The van der Waals surface area contributed by atoms with Crippen LogP contribution in [0.1, 0.15) is 18.4 Å². The third-order valence-electron chi connectivity index (χ3n) is 5.02. The first kappa shape index (κ1) is 22.4. The SMILES string of the molecule is O=C(CCCOc1ccccc1)N1CCN(c2ccc(C(F)(F)F)cc2[N+](=O)[O-])CC1. The Hall–Kier alpha value is -3.30. The number of nitro groups is 1. The third kappa shape index (κ3) is 5.87. The molecule has 31 heavy (non-hydrogen) atoms. The second-order valence-corrected chi connectivity index (χ2v) is 7.09. The Morgan fingerprint density at radius 3 is 2.35 bits per heavy atom. The van der Waals surface area contributed by atoms with Crippen LogP contribution in [0.5, 0.6) is 5.75 Å². The molecule has 0 radical (unpaired) electrons. The van der Waals surface area contributed by atoms with Crippen LogP contribution < -0.4 is 9.64 Å². The lowest BCUT2D eigenvalue weighted by molar-refractivity contribution is -0.384. The molecule has 1 heterocycles. The van der Waals surface area contributed by atoms with E-state index in [9.17, 15) is 28.1 Å². The highest BCUT2D eigenvalue weighted by Gasteiger charge is 2.34. The van der Waals surface area contributed by atoms with Gasteiger partial charge < -0.3 is 14.5 Å². The van der Waals surface area contributed by atoms with Crippen LogP contribution in [-0.4, -0.2) is 48.5 Å². The van der Waals surface area contributed by atoms with Gasteiger partial charge in [-0.05, 0) is 30.7 Å². The Bertz CT molecular complexity index is 914. The molecule has 10 heteroatoms. The van der Waals surface area contributed by atoms with Gasteiger partial charge in [0.15, 0.2) is 0 Å². The van der Waals surface area contributed by atoms with Gasteiger partial charge >= 0.3 is 6.18 Å². The lowest BCUT2D eigenvalue weighted by atomic mass is 10.1. The first-order valence-corrected chi connectivity index (χ1v) is 9.82. The minimum absolute atomic E-state index is 0.0433. The lowest BCUT2D eigenvalue weighted by Crippen LogP contribution is -2.49. The zero-order chi connectivity index (χ0) is 22.4. The summed E-state index contributed by atoms with van der Waals surface area (Å²) in [6, 6.07) is 11.8. The molecule has 3 rings (SSSR count).